The molecule has 1 saturated heterocycles. The zero-order chi connectivity index (χ0) is 24.8. The van der Waals surface area contributed by atoms with E-state index in [-0.39, 0.29) is 17.3 Å². The lowest BCUT2D eigenvalue weighted by atomic mass is 10.2. The Morgan fingerprint density at radius 3 is 2.06 bits per heavy atom. The number of sulfonamides is 1. The molecule has 0 spiro atoms. The highest BCUT2D eigenvalue weighted by Gasteiger charge is 2.30. The van der Waals surface area contributed by atoms with Crippen LogP contribution in [0.3, 0.4) is 0 Å². The van der Waals surface area contributed by atoms with Gasteiger partial charge in [-0.3, -0.25) is 9.10 Å². The summed E-state index contributed by atoms with van der Waals surface area (Å²) in [7, 11) is -3.96. The molecular weight excluding hydrogens is 462 g/mol. The SMILES string of the molecule is CCN1CCN(C(=O)CN(c2ccc(Oc3ccccc3)cc2)S(=O)(=O)c2ccc(C)cc2)CC1. The van der Waals surface area contributed by atoms with Gasteiger partial charge in [-0.2, -0.15) is 0 Å². The smallest absolute Gasteiger partial charge is 0.264 e. The third-order valence-corrected chi connectivity index (χ3v) is 7.95. The second-order valence-electron chi connectivity index (χ2n) is 8.55. The average molecular weight is 494 g/mol. The van der Waals surface area contributed by atoms with E-state index >= 15 is 0 Å². The van der Waals surface area contributed by atoms with E-state index in [2.05, 4.69) is 11.8 Å². The summed E-state index contributed by atoms with van der Waals surface area (Å²) < 4.78 is 34.3. The number of aryl methyl sites for hydroxylation is 1. The van der Waals surface area contributed by atoms with Crippen LogP contribution in [0.15, 0.2) is 83.8 Å². The molecule has 7 nitrogen and oxygen atoms in total. The number of anilines is 1. The molecular formula is C27H31N3O4S. The minimum absolute atomic E-state index is 0.149. The predicted octanol–water partition coefficient (Wildman–Crippen LogP) is 4.15. The van der Waals surface area contributed by atoms with Gasteiger partial charge in [0.05, 0.1) is 10.6 Å². The summed E-state index contributed by atoms with van der Waals surface area (Å²) in [5, 5.41) is 0. The van der Waals surface area contributed by atoms with Gasteiger partial charge in [-0.25, -0.2) is 8.42 Å². The lowest BCUT2D eigenvalue weighted by Crippen LogP contribution is -2.51. The molecule has 35 heavy (non-hydrogen) atoms. The Hall–Kier alpha value is -3.36. The molecule has 0 bridgehead atoms. The van der Waals surface area contributed by atoms with Crippen molar-refractivity contribution in [3.8, 4) is 11.5 Å². The second-order valence-corrected chi connectivity index (χ2v) is 10.4. The molecule has 1 fully saturated rings. The quantitative estimate of drug-likeness (QED) is 0.472. The van der Waals surface area contributed by atoms with E-state index < -0.39 is 10.0 Å². The zero-order valence-corrected chi connectivity index (χ0v) is 20.9. The minimum atomic E-state index is -3.96. The fraction of sp³-hybridized carbons (Fsp3) is 0.296. The van der Waals surface area contributed by atoms with Gasteiger partial charge in [0.15, 0.2) is 0 Å². The number of hydrogen-bond acceptors (Lipinski definition) is 5. The summed E-state index contributed by atoms with van der Waals surface area (Å²) in [6.45, 7) is 7.44. The normalized spacial score (nSPS) is 14.5. The number of carbonyl (C=O) groups excluding carboxylic acids is 1. The molecule has 8 heteroatoms. The maximum Gasteiger partial charge on any atom is 0.264 e. The van der Waals surface area contributed by atoms with Crippen LogP contribution >= 0.6 is 0 Å². The summed E-state index contributed by atoms with van der Waals surface area (Å²) in [4.78, 5) is 17.4. The molecule has 0 atom stereocenters. The van der Waals surface area contributed by atoms with Crippen LogP contribution in [0.1, 0.15) is 12.5 Å². The van der Waals surface area contributed by atoms with E-state index in [0.29, 0.717) is 30.3 Å². The van der Waals surface area contributed by atoms with Gasteiger partial charge >= 0.3 is 0 Å². The van der Waals surface area contributed by atoms with Crippen molar-refractivity contribution in [3.63, 3.8) is 0 Å². The van der Waals surface area contributed by atoms with Gasteiger partial charge in [0, 0.05) is 26.2 Å². The number of carbonyl (C=O) groups is 1. The van der Waals surface area contributed by atoms with Crippen molar-refractivity contribution in [2.75, 3.05) is 43.6 Å². The van der Waals surface area contributed by atoms with Crippen LogP contribution in [0.2, 0.25) is 0 Å². The highest BCUT2D eigenvalue weighted by atomic mass is 32.2. The van der Waals surface area contributed by atoms with Crippen molar-refractivity contribution in [2.45, 2.75) is 18.7 Å². The topological polar surface area (TPSA) is 70.2 Å². The first-order chi connectivity index (χ1) is 16.9. The third-order valence-electron chi connectivity index (χ3n) is 6.16. The number of rotatable bonds is 8. The van der Waals surface area contributed by atoms with Crippen molar-refractivity contribution in [2.24, 2.45) is 0 Å². The van der Waals surface area contributed by atoms with Crippen LogP contribution < -0.4 is 9.04 Å². The average Bonchev–Trinajstić information content (AvgIpc) is 2.88. The number of likely N-dealkylation sites (N-methyl/N-ethyl adjacent to an activating group) is 1. The predicted molar refractivity (Wildman–Crippen MR) is 137 cm³/mol. The summed E-state index contributed by atoms with van der Waals surface area (Å²) in [5.41, 5.74) is 1.37. The molecule has 3 aromatic carbocycles. The Balaban J connectivity index is 1.59. The molecule has 0 saturated carbocycles. The van der Waals surface area contributed by atoms with E-state index in [4.69, 9.17) is 4.74 Å². The number of hydrogen-bond donors (Lipinski definition) is 0. The van der Waals surface area contributed by atoms with E-state index in [1.807, 2.05) is 37.3 Å². The summed E-state index contributed by atoms with van der Waals surface area (Å²) >= 11 is 0. The Bertz CT molecular complexity index is 1220. The molecule has 4 rings (SSSR count). The van der Waals surface area contributed by atoms with Crippen molar-refractivity contribution < 1.29 is 17.9 Å². The second kappa shape index (κ2) is 10.9. The fourth-order valence-corrected chi connectivity index (χ4v) is 5.41. The fourth-order valence-electron chi connectivity index (χ4n) is 3.99. The zero-order valence-electron chi connectivity index (χ0n) is 20.1. The first-order valence-corrected chi connectivity index (χ1v) is 13.2. The lowest BCUT2D eigenvalue weighted by molar-refractivity contribution is -0.131. The molecule has 0 radical (unpaired) electrons. The number of nitrogens with zero attached hydrogens (tertiary/aromatic N) is 3. The van der Waals surface area contributed by atoms with Gasteiger partial charge < -0.3 is 14.5 Å². The number of para-hydroxylation sites is 1. The van der Waals surface area contributed by atoms with Gasteiger partial charge in [-0.1, -0.05) is 42.8 Å². The van der Waals surface area contributed by atoms with E-state index in [0.717, 1.165) is 25.2 Å². The molecule has 1 aliphatic rings. The molecule has 1 aliphatic heterocycles. The van der Waals surface area contributed by atoms with Crippen LogP contribution in [0.25, 0.3) is 0 Å². The first-order valence-electron chi connectivity index (χ1n) is 11.8. The van der Waals surface area contributed by atoms with E-state index in [9.17, 15) is 13.2 Å². The Labute approximate surface area is 207 Å². The monoisotopic (exact) mass is 493 g/mol. The molecule has 0 N–H and O–H groups in total. The number of ether oxygens (including phenoxy) is 1. The summed E-state index contributed by atoms with van der Waals surface area (Å²) in [6, 6.07) is 22.8. The highest BCUT2D eigenvalue weighted by molar-refractivity contribution is 7.92. The van der Waals surface area contributed by atoms with Gasteiger partial charge in [0.2, 0.25) is 5.91 Å². The summed E-state index contributed by atoms with van der Waals surface area (Å²) in [5.74, 6) is 1.06. The Morgan fingerprint density at radius 1 is 0.857 bits per heavy atom. The summed E-state index contributed by atoms with van der Waals surface area (Å²) in [6.07, 6.45) is 0. The molecule has 0 aromatic heterocycles. The minimum Gasteiger partial charge on any atom is -0.457 e. The van der Waals surface area contributed by atoms with Gasteiger partial charge in [-0.15, -0.1) is 0 Å². The molecule has 3 aromatic rings. The van der Waals surface area contributed by atoms with Gasteiger partial charge in [0.1, 0.15) is 18.0 Å². The number of amides is 1. The van der Waals surface area contributed by atoms with Crippen LogP contribution in [-0.2, 0) is 14.8 Å². The lowest BCUT2D eigenvalue weighted by Gasteiger charge is -2.35. The molecule has 1 heterocycles. The molecule has 1 amide bonds. The van der Waals surface area contributed by atoms with Crippen LogP contribution in [0.4, 0.5) is 5.69 Å². The van der Waals surface area contributed by atoms with Gasteiger partial charge in [0.25, 0.3) is 10.0 Å². The Kier molecular flexibility index (Phi) is 7.73. The molecule has 0 unspecified atom stereocenters. The molecule has 0 aliphatic carbocycles. The van der Waals surface area contributed by atoms with Crippen LogP contribution in [-0.4, -0.2) is 63.4 Å². The van der Waals surface area contributed by atoms with Crippen LogP contribution in [0.5, 0.6) is 11.5 Å². The van der Waals surface area contributed by atoms with Crippen molar-refractivity contribution in [3.05, 3.63) is 84.4 Å². The number of benzene rings is 3. The number of piperazine rings is 1. The third kappa shape index (κ3) is 6.01. The standard InChI is InChI=1S/C27H31N3O4S/c1-3-28-17-19-29(20-18-28)27(31)21-30(35(32,33)26-15-9-22(2)10-16-26)23-11-13-25(14-12-23)34-24-7-5-4-6-8-24/h4-16H,3,17-21H2,1-2H3. The van der Waals surface area contributed by atoms with Crippen LogP contribution in [0, 0.1) is 6.92 Å². The molecule has 184 valence electrons. The van der Waals surface area contributed by atoms with Crippen molar-refractivity contribution in [1.82, 2.24) is 9.80 Å². The van der Waals surface area contributed by atoms with Crippen molar-refractivity contribution >= 4 is 21.6 Å². The maximum atomic E-state index is 13.7. The highest BCUT2D eigenvalue weighted by Crippen LogP contribution is 2.28. The van der Waals surface area contributed by atoms with Gasteiger partial charge in [-0.05, 0) is 62.0 Å². The first kappa shape index (κ1) is 24.8. The largest absolute Gasteiger partial charge is 0.457 e. The van der Waals surface area contributed by atoms with E-state index in [1.165, 1.54) is 4.31 Å². The van der Waals surface area contributed by atoms with E-state index in [1.54, 1.807) is 53.4 Å². The van der Waals surface area contributed by atoms with Crippen molar-refractivity contribution in [1.29, 1.82) is 0 Å². The Morgan fingerprint density at radius 2 is 1.46 bits per heavy atom. The maximum absolute atomic E-state index is 13.7.